The van der Waals surface area contributed by atoms with Crippen molar-refractivity contribution in [2.45, 2.75) is 6.54 Å². The van der Waals surface area contributed by atoms with Crippen molar-refractivity contribution < 1.29 is 5.11 Å². The Morgan fingerprint density at radius 1 is 1.16 bits per heavy atom. The van der Waals surface area contributed by atoms with E-state index in [-0.39, 0.29) is 11.3 Å². The SMILES string of the molecule is O=c1[nH]n(Cc2ccc(Cl)cc2)c2ccc(O)cc12. The Morgan fingerprint density at radius 3 is 2.63 bits per heavy atom. The summed E-state index contributed by atoms with van der Waals surface area (Å²) in [6.45, 7) is 0.542. The maximum absolute atomic E-state index is 11.8. The van der Waals surface area contributed by atoms with Gasteiger partial charge in [0, 0.05) is 5.02 Å². The summed E-state index contributed by atoms with van der Waals surface area (Å²) in [6, 6.07) is 12.2. The Labute approximate surface area is 113 Å². The zero-order valence-electron chi connectivity index (χ0n) is 9.93. The van der Waals surface area contributed by atoms with Gasteiger partial charge in [-0.05, 0) is 35.9 Å². The second-order valence-corrected chi connectivity index (χ2v) is 4.79. The van der Waals surface area contributed by atoms with E-state index in [1.807, 2.05) is 24.3 Å². The predicted octanol–water partition coefficient (Wildman–Crippen LogP) is 2.74. The van der Waals surface area contributed by atoms with Gasteiger partial charge in [0.2, 0.25) is 0 Å². The van der Waals surface area contributed by atoms with Crippen molar-refractivity contribution in [3.63, 3.8) is 0 Å². The summed E-state index contributed by atoms with van der Waals surface area (Å²) >= 11 is 5.84. The van der Waals surface area contributed by atoms with Crippen LogP contribution in [0.2, 0.25) is 5.02 Å². The normalized spacial score (nSPS) is 11.0. The van der Waals surface area contributed by atoms with Gasteiger partial charge >= 0.3 is 0 Å². The zero-order valence-corrected chi connectivity index (χ0v) is 10.7. The fraction of sp³-hybridized carbons (Fsp3) is 0.0714. The first kappa shape index (κ1) is 11.9. The van der Waals surface area contributed by atoms with Gasteiger partial charge in [0.25, 0.3) is 5.56 Å². The van der Waals surface area contributed by atoms with Crippen molar-refractivity contribution in [1.29, 1.82) is 0 Å². The molecule has 0 spiro atoms. The second kappa shape index (κ2) is 4.48. The number of hydrogen-bond acceptors (Lipinski definition) is 2. The third kappa shape index (κ3) is 2.22. The number of nitrogens with zero attached hydrogens (tertiary/aromatic N) is 1. The van der Waals surface area contributed by atoms with Crippen molar-refractivity contribution in [3.8, 4) is 5.75 Å². The summed E-state index contributed by atoms with van der Waals surface area (Å²) in [6.07, 6.45) is 0. The van der Waals surface area contributed by atoms with E-state index < -0.39 is 0 Å². The van der Waals surface area contributed by atoms with E-state index in [0.717, 1.165) is 11.1 Å². The minimum atomic E-state index is -0.208. The third-order valence-electron chi connectivity index (χ3n) is 3.01. The Bertz CT molecular complexity index is 787. The van der Waals surface area contributed by atoms with E-state index in [4.69, 9.17) is 11.6 Å². The molecule has 2 N–H and O–H groups in total. The largest absolute Gasteiger partial charge is 0.508 e. The van der Waals surface area contributed by atoms with Crippen LogP contribution in [0.3, 0.4) is 0 Å². The van der Waals surface area contributed by atoms with Gasteiger partial charge in [0.05, 0.1) is 17.4 Å². The molecule has 0 fully saturated rings. The number of halogens is 1. The van der Waals surface area contributed by atoms with Gasteiger partial charge in [-0.1, -0.05) is 23.7 Å². The van der Waals surface area contributed by atoms with Gasteiger partial charge in [-0.2, -0.15) is 0 Å². The molecule has 0 amide bonds. The third-order valence-corrected chi connectivity index (χ3v) is 3.26. The molecular formula is C14H11ClN2O2. The molecule has 5 heteroatoms. The molecule has 1 heterocycles. The lowest BCUT2D eigenvalue weighted by atomic mass is 10.2. The number of hydrogen-bond donors (Lipinski definition) is 2. The first-order valence-corrected chi connectivity index (χ1v) is 6.17. The molecule has 0 aliphatic carbocycles. The number of H-pyrrole nitrogens is 1. The fourth-order valence-electron chi connectivity index (χ4n) is 2.08. The Balaban J connectivity index is 2.06. The molecule has 3 rings (SSSR count). The number of rotatable bonds is 2. The van der Waals surface area contributed by atoms with Crippen LogP contribution in [0.5, 0.6) is 5.75 Å². The van der Waals surface area contributed by atoms with Gasteiger partial charge in [-0.15, -0.1) is 0 Å². The fourth-order valence-corrected chi connectivity index (χ4v) is 2.21. The Morgan fingerprint density at radius 2 is 1.89 bits per heavy atom. The van der Waals surface area contributed by atoms with Crippen LogP contribution in [-0.4, -0.2) is 14.9 Å². The molecular weight excluding hydrogens is 264 g/mol. The molecule has 0 saturated carbocycles. The Kier molecular flexibility index (Phi) is 2.80. The maximum Gasteiger partial charge on any atom is 0.272 e. The summed E-state index contributed by atoms with van der Waals surface area (Å²) < 4.78 is 1.75. The number of nitrogens with one attached hydrogen (secondary N) is 1. The summed E-state index contributed by atoms with van der Waals surface area (Å²) in [5, 5.41) is 13.3. The van der Waals surface area contributed by atoms with Gasteiger partial charge < -0.3 is 5.11 Å². The lowest BCUT2D eigenvalue weighted by Crippen LogP contribution is -2.06. The molecule has 4 nitrogen and oxygen atoms in total. The maximum atomic E-state index is 11.8. The van der Waals surface area contributed by atoms with Crippen LogP contribution in [0.1, 0.15) is 5.56 Å². The van der Waals surface area contributed by atoms with Crippen molar-refractivity contribution in [2.24, 2.45) is 0 Å². The molecule has 2 aromatic carbocycles. The van der Waals surface area contributed by atoms with E-state index in [0.29, 0.717) is 17.0 Å². The van der Waals surface area contributed by atoms with Crippen LogP contribution in [0.25, 0.3) is 10.9 Å². The first-order valence-electron chi connectivity index (χ1n) is 5.79. The highest BCUT2D eigenvalue weighted by Crippen LogP contribution is 2.18. The number of aromatic amines is 1. The van der Waals surface area contributed by atoms with Crippen LogP contribution < -0.4 is 5.56 Å². The van der Waals surface area contributed by atoms with Crippen molar-refractivity contribution in [2.75, 3.05) is 0 Å². The topological polar surface area (TPSA) is 58.0 Å². The smallest absolute Gasteiger partial charge is 0.272 e. The molecule has 3 aromatic rings. The molecule has 0 radical (unpaired) electrons. The summed E-state index contributed by atoms with van der Waals surface area (Å²) in [5.74, 6) is 0.0854. The van der Waals surface area contributed by atoms with E-state index >= 15 is 0 Å². The molecule has 0 unspecified atom stereocenters. The molecule has 1 aromatic heterocycles. The molecule has 0 saturated heterocycles. The molecule has 0 aliphatic rings. The average Bonchev–Trinajstić information content (AvgIpc) is 2.69. The summed E-state index contributed by atoms with van der Waals surface area (Å²) in [5.41, 5.74) is 1.59. The second-order valence-electron chi connectivity index (χ2n) is 4.35. The van der Waals surface area contributed by atoms with E-state index in [2.05, 4.69) is 5.10 Å². The van der Waals surface area contributed by atoms with Crippen LogP contribution in [0.15, 0.2) is 47.3 Å². The van der Waals surface area contributed by atoms with Crippen molar-refractivity contribution in [1.82, 2.24) is 9.78 Å². The molecule has 0 atom stereocenters. The minimum absolute atomic E-state index is 0.0854. The number of aromatic nitrogens is 2. The number of phenolic OH excluding ortho intramolecular Hbond substituents is 1. The van der Waals surface area contributed by atoms with Gasteiger partial charge in [0.15, 0.2) is 0 Å². The quantitative estimate of drug-likeness (QED) is 0.755. The highest BCUT2D eigenvalue weighted by Gasteiger charge is 2.07. The molecule has 96 valence electrons. The van der Waals surface area contributed by atoms with Crippen molar-refractivity contribution >= 4 is 22.5 Å². The summed E-state index contributed by atoms with van der Waals surface area (Å²) in [4.78, 5) is 11.8. The summed E-state index contributed by atoms with van der Waals surface area (Å²) in [7, 11) is 0. The monoisotopic (exact) mass is 274 g/mol. The van der Waals surface area contributed by atoms with Crippen LogP contribution in [-0.2, 0) is 6.54 Å². The van der Waals surface area contributed by atoms with Crippen LogP contribution in [0.4, 0.5) is 0 Å². The minimum Gasteiger partial charge on any atom is -0.508 e. The molecule has 0 bridgehead atoms. The molecule has 0 aliphatic heterocycles. The number of benzene rings is 2. The zero-order chi connectivity index (χ0) is 13.4. The average molecular weight is 275 g/mol. The molecule has 19 heavy (non-hydrogen) atoms. The van der Waals surface area contributed by atoms with Gasteiger partial charge in [-0.3, -0.25) is 14.6 Å². The van der Waals surface area contributed by atoms with Gasteiger partial charge in [-0.25, -0.2) is 0 Å². The highest BCUT2D eigenvalue weighted by molar-refractivity contribution is 6.30. The van der Waals surface area contributed by atoms with Crippen molar-refractivity contribution in [3.05, 3.63) is 63.4 Å². The standard InChI is InChI=1S/C14H11ClN2O2/c15-10-3-1-9(2-4-10)8-17-13-6-5-11(18)7-12(13)14(19)16-17/h1-7,18H,8H2,(H,16,19). The predicted molar refractivity (Wildman–Crippen MR) is 74.8 cm³/mol. The highest BCUT2D eigenvalue weighted by atomic mass is 35.5. The van der Waals surface area contributed by atoms with Crippen LogP contribution >= 0.6 is 11.6 Å². The number of phenols is 1. The number of fused-ring (bicyclic) bond motifs is 1. The number of aromatic hydroxyl groups is 1. The van der Waals surface area contributed by atoms with E-state index in [1.165, 1.54) is 6.07 Å². The lowest BCUT2D eigenvalue weighted by molar-refractivity contribution is 0.476. The van der Waals surface area contributed by atoms with E-state index in [1.54, 1.807) is 16.8 Å². The Hall–Kier alpha value is -2.20. The van der Waals surface area contributed by atoms with E-state index in [9.17, 15) is 9.90 Å². The lowest BCUT2D eigenvalue weighted by Gasteiger charge is -2.05. The van der Waals surface area contributed by atoms with Crippen LogP contribution in [0, 0.1) is 0 Å². The van der Waals surface area contributed by atoms with Gasteiger partial charge in [0.1, 0.15) is 5.75 Å². The first-order chi connectivity index (χ1) is 9.13.